The van der Waals surface area contributed by atoms with Gasteiger partial charge in [-0.25, -0.2) is 0 Å². The number of hydrogen-bond donors (Lipinski definition) is 0. The van der Waals surface area contributed by atoms with Crippen LogP contribution in [-0.4, -0.2) is 71.5 Å². The van der Waals surface area contributed by atoms with Crippen molar-refractivity contribution in [1.82, 2.24) is 14.7 Å². The predicted octanol–water partition coefficient (Wildman–Crippen LogP) is 1.56. The quantitative estimate of drug-likeness (QED) is 0.774. The summed E-state index contributed by atoms with van der Waals surface area (Å²) < 4.78 is 0. The van der Waals surface area contributed by atoms with Crippen LogP contribution in [0.1, 0.15) is 4.88 Å². The number of likely N-dealkylation sites (N-methyl/N-ethyl adjacent to an activating group) is 1. The van der Waals surface area contributed by atoms with E-state index < -0.39 is 0 Å². The summed E-state index contributed by atoms with van der Waals surface area (Å²) in [5.74, 6) is -0.548. The molecule has 0 radical (unpaired) electrons. The molecule has 122 valence electrons. The van der Waals surface area contributed by atoms with Gasteiger partial charge in [0.2, 0.25) is 5.91 Å². The van der Waals surface area contributed by atoms with Crippen molar-refractivity contribution in [2.24, 2.45) is 0 Å². The number of rotatable bonds is 3. The molecule has 6 nitrogen and oxygen atoms in total. The van der Waals surface area contributed by atoms with Gasteiger partial charge in [-0.05, 0) is 36.3 Å². The molecule has 0 saturated carbocycles. The van der Waals surface area contributed by atoms with Crippen molar-refractivity contribution in [3.63, 3.8) is 0 Å². The Balaban J connectivity index is 1.65. The maximum absolute atomic E-state index is 12.4. The number of carbonyl (C=O) groups excluding carboxylic acids is 3. The molecular weight excluding hydrogens is 334 g/mol. The van der Waals surface area contributed by atoms with Crippen molar-refractivity contribution in [2.45, 2.75) is 0 Å². The normalized spacial score (nSPS) is 21.5. The van der Waals surface area contributed by atoms with E-state index in [1.54, 1.807) is 11.0 Å². The summed E-state index contributed by atoms with van der Waals surface area (Å²) >= 11 is 2.39. The van der Waals surface area contributed by atoms with Crippen LogP contribution in [0.25, 0.3) is 6.08 Å². The third-order valence-electron chi connectivity index (χ3n) is 3.84. The minimum atomic E-state index is -0.379. The van der Waals surface area contributed by atoms with Crippen molar-refractivity contribution >= 4 is 46.2 Å². The molecule has 0 spiro atoms. The Labute approximate surface area is 142 Å². The second-order valence-electron chi connectivity index (χ2n) is 5.47. The zero-order chi connectivity index (χ0) is 16.4. The number of imide groups is 1. The average molecular weight is 351 g/mol. The Morgan fingerprint density at radius 3 is 2.65 bits per heavy atom. The minimum absolute atomic E-state index is 0.169. The lowest BCUT2D eigenvalue weighted by atomic mass is 10.3. The Morgan fingerprint density at radius 2 is 2.00 bits per heavy atom. The molecule has 0 N–H and O–H groups in total. The lowest BCUT2D eigenvalue weighted by Crippen LogP contribution is -2.50. The SMILES string of the molecule is CN1CCN(C(=O)CN2C(=O)S/C(=C\c3cccs3)C2=O)CC1. The van der Waals surface area contributed by atoms with Gasteiger partial charge in [0, 0.05) is 31.1 Å². The summed E-state index contributed by atoms with van der Waals surface area (Å²) in [5, 5.41) is 1.53. The first-order valence-electron chi connectivity index (χ1n) is 7.30. The van der Waals surface area contributed by atoms with Gasteiger partial charge < -0.3 is 9.80 Å². The zero-order valence-electron chi connectivity index (χ0n) is 12.7. The van der Waals surface area contributed by atoms with Crippen molar-refractivity contribution < 1.29 is 14.4 Å². The molecule has 0 aliphatic carbocycles. The van der Waals surface area contributed by atoms with E-state index in [2.05, 4.69) is 4.90 Å². The first-order chi connectivity index (χ1) is 11.0. The molecule has 0 aromatic carbocycles. The first-order valence-corrected chi connectivity index (χ1v) is 8.99. The Bertz CT molecular complexity index is 649. The number of piperazine rings is 1. The lowest BCUT2D eigenvalue weighted by Gasteiger charge is -2.33. The van der Waals surface area contributed by atoms with E-state index in [0.717, 1.165) is 34.6 Å². The average Bonchev–Trinajstić information content (AvgIpc) is 3.12. The highest BCUT2D eigenvalue weighted by Gasteiger charge is 2.37. The summed E-state index contributed by atoms with van der Waals surface area (Å²) in [6.45, 7) is 2.72. The van der Waals surface area contributed by atoms with E-state index in [9.17, 15) is 14.4 Å². The Hall–Kier alpha value is -1.64. The fourth-order valence-electron chi connectivity index (χ4n) is 2.43. The van der Waals surface area contributed by atoms with Crippen LogP contribution < -0.4 is 0 Å². The molecule has 0 atom stereocenters. The van der Waals surface area contributed by atoms with Crippen LogP contribution in [0.3, 0.4) is 0 Å². The smallest absolute Gasteiger partial charge is 0.294 e. The highest BCUT2D eigenvalue weighted by atomic mass is 32.2. The molecule has 2 aliphatic heterocycles. The molecule has 0 unspecified atom stereocenters. The number of thiophene rings is 1. The maximum Gasteiger partial charge on any atom is 0.294 e. The van der Waals surface area contributed by atoms with Gasteiger partial charge in [-0.1, -0.05) is 6.07 Å². The highest BCUT2D eigenvalue weighted by molar-refractivity contribution is 8.18. The molecule has 1 aromatic heterocycles. The van der Waals surface area contributed by atoms with Gasteiger partial charge in [0.05, 0.1) is 4.91 Å². The van der Waals surface area contributed by atoms with Crippen molar-refractivity contribution in [1.29, 1.82) is 0 Å². The lowest BCUT2D eigenvalue weighted by molar-refractivity contribution is -0.137. The van der Waals surface area contributed by atoms with Crippen LogP contribution in [0.2, 0.25) is 0 Å². The maximum atomic E-state index is 12.4. The number of thioether (sulfide) groups is 1. The van der Waals surface area contributed by atoms with Gasteiger partial charge in [-0.2, -0.15) is 0 Å². The van der Waals surface area contributed by atoms with E-state index in [1.807, 2.05) is 24.6 Å². The van der Waals surface area contributed by atoms with Crippen LogP contribution in [0.4, 0.5) is 4.79 Å². The topological polar surface area (TPSA) is 60.9 Å². The van der Waals surface area contributed by atoms with E-state index in [0.29, 0.717) is 18.0 Å². The largest absolute Gasteiger partial charge is 0.339 e. The third kappa shape index (κ3) is 3.65. The molecule has 2 fully saturated rings. The molecule has 1 aromatic rings. The van der Waals surface area contributed by atoms with Crippen LogP contribution in [0.15, 0.2) is 22.4 Å². The second-order valence-corrected chi connectivity index (χ2v) is 7.44. The molecule has 3 rings (SSSR count). The molecule has 8 heteroatoms. The molecule has 2 aliphatic rings. The number of amides is 3. The summed E-state index contributed by atoms with van der Waals surface area (Å²) in [6.07, 6.45) is 1.70. The predicted molar refractivity (Wildman–Crippen MR) is 91.1 cm³/mol. The van der Waals surface area contributed by atoms with Crippen molar-refractivity contribution in [3.05, 3.63) is 27.3 Å². The number of carbonyl (C=O) groups is 3. The van der Waals surface area contributed by atoms with Gasteiger partial charge in [0.15, 0.2) is 0 Å². The molecule has 23 heavy (non-hydrogen) atoms. The van der Waals surface area contributed by atoms with Gasteiger partial charge in [-0.3, -0.25) is 19.3 Å². The monoisotopic (exact) mass is 351 g/mol. The molecule has 3 heterocycles. The van der Waals surface area contributed by atoms with E-state index in [4.69, 9.17) is 0 Å². The molecular formula is C15H17N3O3S2. The summed E-state index contributed by atoms with van der Waals surface area (Å²) in [5.41, 5.74) is 0. The van der Waals surface area contributed by atoms with Crippen LogP contribution in [0, 0.1) is 0 Å². The molecule has 0 bridgehead atoms. The summed E-state index contributed by atoms with van der Waals surface area (Å²) in [7, 11) is 2.01. The molecule has 3 amide bonds. The van der Waals surface area contributed by atoms with Gasteiger partial charge in [-0.15, -0.1) is 11.3 Å². The van der Waals surface area contributed by atoms with Gasteiger partial charge >= 0.3 is 0 Å². The van der Waals surface area contributed by atoms with Gasteiger partial charge in [0.25, 0.3) is 11.1 Å². The molecule has 2 saturated heterocycles. The number of hydrogen-bond acceptors (Lipinski definition) is 6. The Kier molecular flexibility index (Phi) is 4.84. The third-order valence-corrected chi connectivity index (χ3v) is 5.57. The van der Waals surface area contributed by atoms with Crippen LogP contribution in [-0.2, 0) is 9.59 Å². The summed E-state index contributed by atoms with van der Waals surface area (Å²) in [4.78, 5) is 42.9. The standard InChI is InChI=1S/C15H17N3O3S2/c1-16-4-6-17(7-5-16)13(19)10-18-14(20)12(23-15(18)21)9-11-3-2-8-22-11/h2-3,8-9H,4-7,10H2,1H3/b12-9-. The van der Waals surface area contributed by atoms with Crippen molar-refractivity contribution in [3.8, 4) is 0 Å². The van der Waals surface area contributed by atoms with Gasteiger partial charge in [0.1, 0.15) is 6.54 Å². The van der Waals surface area contributed by atoms with Crippen molar-refractivity contribution in [2.75, 3.05) is 39.8 Å². The van der Waals surface area contributed by atoms with Crippen LogP contribution in [0.5, 0.6) is 0 Å². The van der Waals surface area contributed by atoms with Crippen LogP contribution >= 0.6 is 23.1 Å². The fourth-order valence-corrected chi connectivity index (χ4v) is 3.99. The first kappa shape index (κ1) is 16.2. The summed E-state index contributed by atoms with van der Waals surface area (Å²) in [6, 6.07) is 3.77. The minimum Gasteiger partial charge on any atom is -0.339 e. The van der Waals surface area contributed by atoms with E-state index in [-0.39, 0.29) is 23.6 Å². The van der Waals surface area contributed by atoms with E-state index >= 15 is 0 Å². The highest BCUT2D eigenvalue weighted by Crippen LogP contribution is 2.32. The zero-order valence-corrected chi connectivity index (χ0v) is 14.4. The van der Waals surface area contributed by atoms with E-state index in [1.165, 1.54) is 11.3 Å². The Morgan fingerprint density at radius 1 is 1.26 bits per heavy atom. The number of nitrogens with zero attached hydrogens (tertiary/aromatic N) is 3. The fraction of sp³-hybridized carbons (Fsp3) is 0.400. The second kappa shape index (κ2) is 6.86.